The number of hydrogen-bond donors (Lipinski definition) is 5. The van der Waals surface area contributed by atoms with E-state index in [1.54, 1.807) is 0 Å². The fourth-order valence-electron chi connectivity index (χ4n) is 1.60. The van der Waals surface area contributed by atoms with E-state index in [2.05, 4.69) is 4.74 Å². The van der Waals surface area contributed by atoms with Gasteiger partial charge in [0.25, 0.3) is 0 Å². The zero-order valence-corrected chi connectivity index (χ0v) is 12.0. The fraction of sp³-hybridized carbons (Fsp3) is 1.00. The van der Waals surface area contributed by atoms with Gasteiger partial charge in [0.05, 0.1) is 6.61 Å². The lowest BCUT2D eigenvalue weighted by Gasteiger charge is -2.37. The molecule has 20 heavy (non-hydrogen) atoms. The maximum Gasteiger partial charge on any atom is 0.184 e. The van der Waals surface area contributed by atoms with Crippen molar-refractivity contribution in [1.82, 2.24) is 0 Å². The van der Waals surface area contributed by atoms with Gasteiger partial charge in [-0.25, -0.2) is 0 Å². The molecule has 5 atom stereocenters. The molecular weight excluding hydrogens is 272 g/mol. The van der Waals surface area contributed by atoms with Gasteiger partial charge in [0.15, 0.2) is 12.6 Å². The average molecular weight is 298 g/mol. The van der Waals surface area contributed by atoms with Gasteiger partial charge in [0.1, 0.15) is 24.4 Å². The quantitative estimate of drug-likeness (QED) is 0.375. The van der Waals surface area contributed by atoms with Crippen LogP contribution in [0.2, 0.25) is 0 Å². The second kappa shape index (κ2) is 10.4. The smallest absolute Gasteiger partial charge is 0.184 e. The summed E-state index contributed by atoms with van der Waals surface area (Å²) in [6, 6.07) is 0. The topological polar surface area (TPSA) is 129 Å². The molecule has 1 rings (SSSR count). The number of aliphatic hydroxyl groups excluding tert-OH is 5. The van der Waals surface area contributed by atoms with E-state index in [1.807, 2.05) is 20.8 Å². The molecule has 122 valence electrons. The average Bonchev–Trinajstić information content (AvgIpc) is 2.42. The predicted molar refractivity (Wildman–Crippen MR) is 68.7 cm³/mol. The molecule has 1 heterocycles. The van der Waals surface area contributed by atoms with Crippen LogP contribution in [0.15, 0.2) is 0 Å². The van der Waals surface area contributed by atoms with Crippen molar-refractivity contribution in [3.63, 3.8) is 0 Å². The summed E-state index contributed by atoms with van der Waals surface area (Å²) in [5.74, 6) is 0. The molecule has 1 saturated heterocycles. The highest BCUT2D eigenvalue weighted by Gasteiger charge is 2.42. The van der Waals surface area contributed by atoms with E-state index >= 15 is 0 Å². The second-order valence-electron chi connectivity index (χ2n) is 4.20. The van der Waals surface area contributed by atoms with Crippen LogP contribution in [0.4, 0.5) is 0 Å². The summed E-state index contributed by atoms with van der Waals surface area (Å²) in [6.45, 7) is 6.72. The Morgan fingerprint density at radius 1 is 0.950 bits per heavy atom. The molecule has 0 saturated carbocycles. The van der Waals surface area contributed by atoms with Gasteiger partial charge in [-0.05, 0) is 20.8 Å². The van der Waals surface area contributed by atoms with E-state index in [0.717, 1.165) is 13.2 Å². The third-order valence-corrected chi connectivity index (χ3v) is 2.67. The Bertz CT molecular complexity index is 229. The molecule has 0 amide bonds. The first-order valence-electron chi connectivity index (χ1n) is 6.60. The highest BCUT2D eigenvalue weighted by Crippen LogP contribution is 2.18. The number of hydrogen-bond acceptors (Lipinski definition) is 8. The first-order chi connectivity index (χ1) is 9.38. The third-order valence-electron chi connectivity index (χ3n) is 2.67. The lowest BCUT2D eigenvalue weighted by atomic mass is 10.00. The Kier molecular flexibility index (Phi) is 10.2. The van der Waals surface area contributed by atoms with E-state index in [1.165, 1.54) is 0 Å². The van der Waals surface area contributed by atoms with Crippen molar-refractivity contribution in [3.05, 3.63) is 0 Å². The molecule has 0 radical (unpaired) electrons. The zero-order valence-electron chi connectivity index (χ0n) is 12.0. The Balaban J connectivity index is 0.000000396. The molecule has 8 nitrogen and oxygen atoms in total. The lowest BCUT2D eigenvalue weighted by molar-refractivity contribution is -0.286. The van der Waals surface area contributed by atoms with Crippen LogP contribution < -0.4 is 0 Å². The molecule has 0 aliphatic carbocycles. The molecule has 1 unspecified atom stereocenters. The minimum absolute atomic E-state index is 0.0370. The Labute approximate surface area is 118 Å². The molecule has 0 aromatic carbocycles. The second-order valence-corrected chi connectivity index (χ2v) is 4.20. The van der Waals surface area contributed by atoms with Gasteiger partial charge in [-0.1, -0.05) is 0 Å². The summed E-state index contributed by atoms with van der Waals surface area (Å²) >= 11 is 0. The predicted octanol–water partition coefficient (Wildman–Crippen LogP) is -1.82. The van der Waals surface area contributed by atoms with Gasteiger partial charge in [0.2, 0.25) is 0 Å². The maximum atomic E-state index is 9.12. The van der Waals surface area contributed by atoms with Crippen molar-refractivity contribution in [3.8, 4) is 0 Å². The van der Waals surface area contributed by atoms with E-state index in [9.17, 15) is 0 Å². The van der Waals surface area contributed by atoms with Gasteiger partial charge < -0.3 is 39.7 Å². The van der Waals surface area contributed by atoms with E-state index in [-0.39, 0.29) is 6.29 Å². The summed E-state index contributed by atoms with van der Waals surface area (Å²) in [4.78, 5) is 0. The summed E-state index contributed by atoms with van der Waals surface area (Å²) < 4.78 is 14.7. The minimum atomic E-state index is -1.57. The number of rotatable bonds is 5. The van der Waals surface area contributed by atoms with Gasteiger partial charge >= 0.3 is 0 Å². The van der Waals surface area contributed by atoms with Crippen LogP contribution in [-0.4, -0.2) is 82.3 Å². The Hall–Kier alpha value is -0.320. The van der Waals surface area contributed by atoms with E-state index < -0.39 is 37.3 Å². The molecule has 1 aliphatic heterocycles. The molecule has 5 N–H and O–H groups in total. The van der Waals surface area contributed by atoms with Crippen LogP contribution >= 0.6 is 0 Å². The van der Waals surface area contributed by atoms with Crippen molar-refractivity contribution in [2.45, 2.75) is 57.8 Å². The van der Waals surface area contributed by atoms with Crippen molar-refractivity contribution < 1.29 is 39.7 Å². The van der Waals surface area contributed by atoms with Crippen LogP contribution in [0.3, 0.4) is 0 Å². The van der Waals surface area contributed by atoms with Crippen LogP contribution in [-0.2, 0) is 14.2 Å². The van der Waals surface area contributed by atoms with Crippen LogP contribution in [0.1, 0.15) is 20.8 Å². The standard InChI is InChI=1S/C6H12O6.C6H14O2/c7-1-2-3(8)4(9)5(10)6(11)12-2;1-4-7-6(3)8-5-2/h2-11H,1H2;6H,4-5H2,1-3H3/t2-,3-,4+,5-,6?;/m1./s1. The largest absolute Gasteiger partial charge is 0.394 e. The van der Waals surface area contributed by atoms with Gasteiger partial charge in [-0.3, -0.25) is 0 Å². The van der Waals surface area contributed by atoms with Crippen LogP contribution in [0.5, 0.6) is 0 Å². The zero-order chi connectivity index (χ0) is 15.7. The van der Waals surface area contributed by atoms with Crippen molar-refractivity contribution in [2.75, 3.05) is 19.8 Å². The van der Waals surface area contributed by atoms with Crippen molar-refractivity contribution in [1.29, 1.82) is 0 Å². The molecule has 1 fully saturated rings. The van der Waals surface area contributed by atoms with Crippen LogP contribution in [0.25, 0.3) is 0 Å². The normalized spacial score (nSPS) is 33.8. The Morgan fingerprint density at radius 2 is 1.45 bits per heavy atom. The van der Waals surface area contributed by atoms with Crippen molar-refractivity contribution >= 4 is 0 Å². The van der Waals surface area contributed by atoms with Crippen molar-refractivity contribution in [2.24, 2.45) is 0 Å². The third kappa shape index (κ3) is 6.42. The number of ether oxygens (including phenoxy) is 3. The molecule has 1 aliphatic rings. The highest BCUT2D eigenvalue weighted by molar-refractivity contribution is 4.87. The molecular formula is C12H26O8. The molecule has 0 aromatic rings. The summed E-state index contributed by atoms with van der Waals surface area (Å²) in [6.07, 6.45) is -7.08. The van der Waals surface area contributed by atoms with Gasteiger partial charge in [-0.2, -0.15) is 0 Å². The van der Waals surface area contributed by atoms with Crippen LogP contribution in [0, 0.1) is 0 Å². The maximum absolute atomic E-state index is 9.12. The summed E-state index contributed by atoms with van der Waals surface area (Å²) in [7, 11) is 0. The monoisotopic (exact) mass is 298 g/mol. The molecule has 0 spiro atoms. The molecule has 8 heteroatoms. The highest BCUT2D eigenvalue weighted by atomic mass is 16.7. The summed E-state index contributed by atoms with van der Waals surface area (Å²) in [5.41, 5.74) is 0. The summed E-state index contributed by atoms with van der Waals surface area (Å²) in [5, 5.41) is 44.7. The molecule has 0 bridgehead atoms. The first-order valence-corrected chi connectivity index (χ1v) is 6.60. The van der Waals surface area contributed by atoms with Gasteiger partial charge in [-0.15, -0.1) is 0 Å². The van der Waals surface area contributed by atoms with E-state index in [0.29, 0.717) is 0 Å². The SMILES string of the molecule is CCOC(C)OCC.OC[C@H]1OC(O)[C@H](O)[C@@H](O)[C@@H]1O. The van der Waals surface area contributed by atoms with E-state index in [4.69, 9.17) is 35.0 Å². The fourth-order valence-corrected chi connectivity index (χ4v) is 1.60. The first kappa shape index (κ1) is 19.7. The number of aliphatic hydroxyl groups is 5. The lowest BCUT2D eigenvalue weighted by Crippen LogP contribution is -2.58. The van der Waals surface area contributed by atoms with Gasteiger partial charge in [0, 0.05) is 13.2 Å². The minimum Gasteiger partial charge on any atom is -0.394 e. The Morgan fingerprint density at radius 3 is 1.85 bits per heavy atom. The molecule has 0 aromatic heterocycles.